The fourth-order valence-corrected chi connectivity index (χ4v) is 2.69. The van der Waals surface area contributed by atoms with Gasteiger partial charge in [-0.25, -0.2) is 18.4 Å². The number of ether oxygens (including phenoxy) is 1. The second-order valence-corrected chi connectivity index (χ2v) is 7.55. The van der Waals surface area contributed by atoms with Gasteiger partial charge in [0.05, 0.1) is 10.5 Å². The smallest absolute Gasteiger partial charge is 0.338 e. The van der Waals surface area contributed by atoms with Gasteiger partial charge >= 0.3 is 5.97 Å². The van der Waals surface area contributed by atoms with Gasteiger partial charge in [0.1, 0.15) is 0 Å². The molecule has 0 aromatic heterocycles. The maximum absolute atomic E-state index is 12.0. The molecule has 0 fully saturated rings. The fraction of sp³-hybridized carbons (Fsp3) is 0.222. The summed E-state index contributed by atoms with van der Waals surface area (Å²) in [4.78, 5) is 25.7. The van der Waals surface area contributed by atoms with Crippen LogP contribution in [0, 0.1) is 0 Å². The van der Waals surface area contributed by atoms with Crippen LogP contribution in [-0.2, 0) is 26.1 Å². The highest BCUT2D eigenvalue weighted by Crippen LogP contribution is 2.14. The Morgan fingerprint density at radius 1 is 1.11 bits per heavy atom. The summed E-state index contributed by atoms with van der Waals surface area (Å²) in [6.07, 6.45) is 0. The van der Waals surface area contributed by atoms with Crippen LogP contribution in [0.5, 0.6) is 0 Å². The maximum Gasteiger partial charge on any atom is 0.338 e. The number of nitrogens with one attached hydrogen (secondary N) is 1. The van der Waals surface area contributed by atoms with Gasteiger partial charge in [0.15, 0.2) is 6.61 Å². The number of carbonyl (C=O) groups is 2. The van der Waals surface area contributed by atoms with E-state index in [0.717, 1.165) is 5.69 Å². The standard InChI is InChI=1S/C18H21N3O5S/c1-21(2)15-5-3-4-14(10-15)18(23)26-12-17(22)20-11-13-6-8-16(9-7-13)27(19,24)25/h3-10H,11-12H2,1-2H3,(H,20,22)(H2,19,24,25). The van der Waals surface area contributed by atoms with Crippen molar-refractivity contribution < 1.29 is 22.7 Å². The first-order valence-corrected chi connectivity index (χ1v) is 9.54. The van der Waals surface area contributed by atoms with E-state index in [1.807, 2.05) is 25.1 Å². The molecule has 144 valence electrons. The summed E-state index contributed by atoms with van der Waals surface area (Å²) in [6.45, 7) is -0.252. The van der Waals surface area contributed by atoms with Gasteiger partial charge < -0.3 is 15.0 Å². The van der Waals surface area contributed by atoms with E-state index in [-0.39, 0.29) is 11.4 Å². The molecule has 0 spiro atoms. The topological polar surface area (TPSA) is 119 Å². The molecule has 0 aliphatic rings. The van der Waals surface area contributed by atoms with Crippen LogP contribution < -0.4 is 15.4 Å². The third-order valence-electron chi connectivity index (χ3n) is 3.67. The van der Waals surface area contributed by atoms with E-state index in [1.54, 1.807) is 30.3 Å². The van der Waals surface area contributed by atoms with Crippen molar-refractivity contribution in [3.63, 3.8) is 0 Å². The minimum absolute atomic E-state index is 0.00791. The molecule has 0 saturated heterocycles. The number of nitrogens with two attached hydrogens (primary N) is 1. The number of nitrogens with zero attached hydrogens (tertiary/aromatic N) is 1. The molecule has 9 heteroatoms. The lowest BCUT2D eigenvalue weighted by Crippen LogP contribution is -2.28. The molecule has 1 amide bonds. The van der Waals surface area contributed by atoms with Crippen LogP contribution in [0.3, 0.4) is 0 Å². The molecule has 8 nitrogen and oxygen atoms in total. The lowest BCUT2D eigenvalue weighted by Gasteiger charge is -2.13. The summed E-state index contributed by atoms with van der Waals surface area (Å²) < 4.78 is 27.4. The Morgan fingerprint density at radius 3 is 2.37 bits per heavy atom. The van der Waals surface area contributed by atoms with Gasteiger partial charge in [-0.1, -0.05) is 18.2 Å². The van der Waals surface area contributed by atoms with Crippen LogP contribution >= 0.6 is 0 Å². The molecule has 2 aromatic carbocycles. The Balaban J connectivity index is 1.84. The molecule has 0 aliphatic carbocycles. The van der Waals surface area contributed by atoms with Crippen molar-refractivity contribution in [1.29, 1.82) is 0 Å². The van der Waals surface area contributed by atoms with Crippen LogP contribution in [0.2, 0.25) is 0 Å². The van der Waals surface area contributed by atoms with Gasteiger partial charge in [-0.05, 0) is 35.9 Å². The van der Waals surface area contributed by atoms with E-state index in [1.165, 1.54) is 12.1 Å². The van der Waals surface area contributed by atoms with Crippen molar-refractivity contribution in [1.82, 2.24) is 5.32 Å². The molecule has 3 N–H and O–H groups in total. The monoisotopic (exact) mass is 391 g/mol. The Kier molecular flexibility index (Phi) is 6.54. The Labute approximate surface area is 158 Å². The third kappa shape index (κ3) is 6.08. The van der Waals surface area contributed by atoms with Crippen LogP contribution in [0.15, 0.2) is 53.4 Å². The molecule has 2 rings (SSSR count). The molecule has 0 aliphatic heterocycles. The Hall–Kier alpha value is -2.91. The number of esters is 1. The molecular weight excluding hydrogens is 370 g/mol. The average molecular weight is 391 g/mol. The largest absolute Gasteiger partial charge is 0.452 e. The van der Waals surface area contributed by atoms with Crippen LogP contribution in [0.1, 0.15) is 15.9 Å². The van der Waals surface area contributed by atoms with Gasteiger partial charge in [-0.3, -0.25) is 4.79 Å². The van der Waals surface area contributed by atoms with E-state index < -0.39 is 28.5 Å². The molecular formula is C18H21N3O5S. The van der Waals surface area contributed by atoms with Crippen LogP contribution in [0.25, 0.3) is 0 Å². The summed E-state index contributed by atoms with van der Waals surface area (Å²) >= 11 is 0. The third-order valence-corrected chi connectivity index (χ3v) is 4.60. The van der Waals surface area contributed by atoms with Crippen LogP contribution in [0.4, 0.5) is 5.69 Å². The minimum Gasteiger partial charge on any atom is -0.452 e. The van der Waals surface area contributed by atoms with Crippen molar-refractivity contribution in [2.45, 2.75) is 11.4 Å². The van der Waals surface area contributed by atoms with Gasteiger partial charge in [0, 0.05) is 26.3 Å². The van der Waals surface area contributed by atoms with Gasteiger partial charge in [0.25, 0.3) is 5.91 Å². The molecule has 0 unspecified atom stereocenters. The lowest BCUT2D eigenvalue weighted by molar-refractivity contribution is -0.124. The molecule has 2 aromatic rings. The molecule has 27 heavy (non-hydrogen) atoms. The zero-order valence-electron chi connectivity index (χ0n) is 15.0. The number of hydrogen-bond acceptors (Lipinski definition) is 6. The summed E-state index contributed by atoms with van der Waals surface area (Å²) in [5.41, 5.74) is 1.88. The maximum atomic E-state index is 12.0. The Bertz CT molecular complexity index is 924. The highest BCUT2D eigenvalue weighted by molar-refractivity contribution is 7.89. The second-order valence-electron chi connectivity index (χ2n) is 5.99. The molecule has 0 heterocycles. The number of primary sulfonamides is 1. The van der Waals surface area contributed by atoms with E-state index in [0.29, 0.717) is 11.1 Å². The van der Waals surface area contributed by atoms with Gasteiger partial charge in [-0.15, -0.1) is 0 Å². The molecule has 0 atom stereocenters. The number of hydrogen-bond donors (Lipinski definition) is 2. The zero-order valence-corrected chi connectivity index (χ0v) is 15.8. The van der Waals surface area contributed by atoms with Crippen LogP contribution in [-0.4, -0.2) is 41.0 Å². The average Bonchev–Trinajstić information content (AvgIpc) is 2.64. The summed E-state index contributed by atoms with van der Waals surface area (Å²) in [6, 6.07) is 12.7. The Morgan fingerprint density at radius 2 is 1.78 bits per heavy atom. The van der Waals surface area contributed by atoms with E-state index >= 15 is 0 Å². The van der Waals surface area contributed by atoms with E-state index in [2.05, 4.69) is 5.32 Å². The van der Waals surface area contributed by atoms with Crippen molar-refractivity contribution in [3.8, 4) is 0 Å². The van der Waals surface area contributed by atoms with Crippen molar-refractivity contribution in [3.05, 3.63) is 59.7 Å². The quantitative estimate of drug-likeness (QED) is 0.676. The zero-order chi connectivity index (χ0) is 20.0. The summed E-state index contributed by atoms with van der Waals surface area (Å²) in [5, 5.41) is 7.61. The van der Waals surface area contributed by atoms with Gasteiger partial charge in [0.2, 0.25) is 10.0 Å². The first-order chi connectivity index (χ1) is 12.7. The normalized spacial score (nSPS) is 10.9. The number of carbonyl (C=O) groups excluding carboxylic acids is 2. The van der Waals surface area contributed by atoms with Crippen molar-refractivity contribution in [2.24, 2.45) is 5.14 Å². The van der Waals surface area contributed by atoms with E-state index in [9.17, 15) is 18.0 Å². The minimum atomic E-state index is -3.75. The predicted molar refractivity (Wildman–Crippen MR) is 101 cm³/mol. The van der Waals surface area contributed by atoms with Crippen molar-refractivity contribution >= 4 is 27.6 Å². The molecule has 0 radical (unpaired) electrons. The van der Waals surface area contributed by atoms with Gasteiger partial charge in [-0.2, -0.15) is 0 Å². The van der Waals surface area contributed by atoms with Crippen molar-refractivity contribution in [2.75, 3.05) is 25.6 Å². The number of rotatable bonds is 7. The number of anilines is 1. The highest BCUT2D eigenvalue weighted by Gasteiger charge is 2.12. The summed E-state index contributed by atoms with van der Waals surface area (Å²) in [7, 11) is -0.0427. The first kappa shape index (κ1) is 20.4. The fourth-order valence-electron chi connectivity index (χ4n) is 2.17. The second kappa shape index (κ2) is 8.65. The molecule has 0 bridgehead atoms. The number of amides is 1. The SMILES string of the molecule is CN(C)c1cccc(C(=O)OCC(=O)NCc2ccc(S(N)(=O)=O)cc2)c1. The van der Waals surface area contributed by atoms with E-state index in [4.69, 9.17) is 9.88 Å². The highest BCUT2D eigenvalue weighted by atomic mass is 32.2. The molecule has 0 saturated carbocycles. The first-order valence-electron chi connectivity index (χ1n) is 8.00. The number of sulfonamides is 1. The lowest BCUT2D eigenvalue weighted by atomic mass is 10.2. The predicted octanol–water partition coefficient (Wildman–Crippen LogP) is 0.873. The summed E-state index contributed by atoms with van der Waals surface area (Å²) in [5.74, 6) is -1.06. The number of benzene rings is 2.